The Kier molecular flexibility index (Phi) is 3.35. The minimum absolute atomic E-state index is 0.00621. The van der Waals surface area contributed by atoms with Crippen LogP contribution in [-0.2, 0) is 11.3 Å². The molecule has 29 heavy (non-hydrogen) atoms. The Labute approximate surface area is 167 Å². The number of carbonyl (C=O) groups excluding carboxylic acids is 1. The fourth-order valence-electron chi connectivity index (χ4n) is 5.71. The summed E-state index contributed by atoms with van der Waals surface area (Å²) in [5.74, 6) is -0.0878. The van der Waals surface area contributed by atoms with Crippen molar-refractivity contribution in [2.45, 2.75) is 38.3 Å². The molecular weight excluding hydrogens is 367 g/mol. The maximum absolute atomic E-state index is 13.9. The largest absolute Gasteiger partial charge is 0.272 e. The molecule has 1 aromatic heterocycles. The van der Waals surface area contributed by atoms with Crippen molar-refractivity contribution in [2.24, 2.45) is 15.9 Å². The van der Waals surface area contributed by atoms with Gasteiger partial charge in [-0.2, -0.15) is 10.2 Å². The molecule has 3 aliphatic carbocycles. The fraction of sp³-hybridized carbons (Fsp3) is 0.348. The van der Waals surface area contributed by atoms with E-state index in [0.717, 1.165) is 43.3 Å². The van der Waals surface area contributed by atoms with Crippen molar-refractivity contribution in [1.82, 2.24) is 14.8 Å². The number of benzene rings is 2. The SMILES string of the molecule is O=C(N1N=CCC1c1ccccc1)C12CC(Cn3ncc4c(F)cccc43)(C1)C2. The van der Waals surface area contributed by atoms with Crippen LogP contribution in [0.1, 0.15) is 37.3 Å². The number of hydrogen-bond acceptors (Lipinski definition) is 3. The fourth-order valence-corrected chi connectivity index (χ4v) is 5.71. The third-order valence-corrected chi connectivity index (χ3v) is 6.94. The molecule has 7 rings (SSSR count). The van der Waals surface area contributed by atoms with Gasteiger partial charge in [0.2, 0.25) is 5.91 Å². The molecular formula is C23H21FN4O. The van der Waals surface area contributed by atoms with E-state index in [1.165, 1.54) is 6.07 Å². The van der Waals surface area contributed by atoms with Gasteiger partial charge in [-0.05, 0) is 42.4 Å². The lowest BCUT2D eigenvalue weighted by molar-refractivity contribution is -0.223. The second kappa shape index (κ2) is 5.75. The molecule has 5 nitrogen and oxygen atoms in total. The Morgan fingerprint density at radius 2 is 1.90 bits per heavy atom. The van der Waals surface area contributed by atoms with Gasteiger partial charge in [0.15, 0.2) is 0 Å². The van der Waals surface area contributed by atoms with Gasteiger partial charge in [-0.3, -0.25) is 9.48 Å². The Bertz CT molecular complexity index is 1130. The van der Waals surface area contributed by atoms with Crippen molar-refractivity contribution < 1.29 is 9.18 Å². The van der Waals surface area contributed by atoms with Crippen LogP contribution in [0.5, 0.6) is 0 Å². The molecule has 1 atom stereocenters. The van der Waals surface area contributed by atoms with Gasteiger partial charge in [0, 0.05) is 19.2 Å². The molecule has 2 bridgehead atoms. The third-order valence-electron chi connectivity index (χ3n) is 6.94. The van der Waals surface area contributed by atoms with Crippen molar-refractivity contribution in [1.29, 1.82) is 0 Å². The highest BCUT2D eigenvalue weighted by Crippen LogP contribution is 2.74. The average molecular weight is 388 g/mol. The molecule has 0 saturated heterocycles. The first-order chi connectivity index (χ1) is 14.1. The van der Waals surface area contributed by atoms with Gasteiger partial charge in [0.25, 0.3) is 0 Å². The number of hydrazone groups is 1. The number of nitrogens with zero attached hydrogens (tertiary/aromatic N) is 4. The van der Waals surface area contributed by atoms with Crippen LogP contribution in [0, 0.1) is 16.6 Å². The van der Waals surface area contributed by atoms with Crippen molar-refractivity contribution in [3.8, 4) is 0 Å². The van der Waals surface area contributed by atoms with Crippen molar-refractivity contribution in [3.63, 3.8) is 0 Å². The van der Waals surface area contributed by atoms with E-state index < -0.39 is 0 Å². The smallest absolute Gasteiger partial charge is 0.249 e. The number of halogens is 1. The molecule has 1 amide bonds. The summed E-state index contributed by atoms with van der Waals surface area (Å²) in [5.41, 5.74) is 1.78. The van der Waals surface area contributed by atoms with Crippen molar-refractivity contribution >= 4 is 23.0 Å². The van der Waals surface area contributed by atoms with E-state index in [1.54, 1.807) is 17.3 Å². The topological polar surface area (TPSA) is 50.5 Å². The van der Waals surface area contributed by atoms with E-state index >= 15 is 0 Å². The molecule has 6 heteroatoms. The molecule has 0 N–H and O–H groups in total. The van der Waals surface area contributed by atoms with E-state index in [4.69, 9.17) is 0 Å². The van der Waals surface area contributed by atoms with Gasteiger partial charge in [0.05, 0.1) is 28.6 Å². The molecule has 0 radical (unpaired) electrons. The van der Waals surface area contributed by atoms with E-state index in [9.17, 15) is 9.18 Å². The number of amides is 1. The van der Waals surface area contributed by atoms with Crippen LogP contribution in [0.15, 0.2) is 59.8 Å². The summed E-state index contributed by atoms with van der Waals surface area (Å²) in [4.78, 5) is 13.3. The van der Waals surface area contributed by atoms with Crippen LogP contribution >= 0.6 is 0 Å². The van der Waals surface area contributed by atoms with Crippen molar-refractivity contribution in [2.75, 3.05) is 0 Å². The first-order valence-electron chi connectivity index (χ1n) is 10.1. The van der Waals surface area contributed by atoms with Gasteiger partial charge in [0.1, 0.15) is 5.82 Å². The number of hydrogen-bond donors (Lipinski definition) is 0. The van der Waals surface area contributed by atoms with Gasteiger partial charge in [-0.15, -0.1) is 0 Å². The monoisotopic (exact) mass is 388 g/mol. The minimum atomic E-state index is -0.275. The van der Waals surface area contributed by atoms with Crippen LogP contribution in [0.4, 0.5) is 4.39 Å². The highest BCUT2D eigenvalue weighted by atomic mass is 19.1. The average Bonchev–Trinajstić information content (AvgIpc) is 3.32. The van der Waals surface area contributed by atoms with Crippen LogP contribution in [-0.4, -0.2) is 26.9 Å². The first kappa shape index (κ1) is 16.9. The van der Waals surface area contributed by atoms with Gasteiger partial charge >= 0.3 is 0 Å². The van der Waals surface area contributed by atoms with Crippen LogP contribution in [0.3, 0.4) is 0 Å². The lowest BCUT2D eigenvalue weighted by Gasteiger charge is -2.69. The summed E-state index contributed by atoms with van der Waals surface area (Å²) in [7, 11) is 0. The van der Waals surface area contributed by atoms with Crippen LogP contribution in [0.25, 0.3) is 10.9 Å². The molecule has 146 valence electrons. The Balaban J connectivity index is 1.18. The minimum Gasteiger partial charge on any atom is -0.272 e. The number of fused-ring (bicyclic) bond motifs is 1. The Morgan fingerprint density at radius 1 is 1.10 bits per heavy atom. The van der Waals surface area contributed by atoms with E-state index in [1.807, 2.05) is 35.2 Å². The lowest BCUT2D eigenvalue weighted by atomic mass is 9.34. The standard InChI is InChI=1S/C23H21FN4O/c24-18-7-4-8-20-17(18)11-26-27(20)15-22-12-23(13-22,14-22)21(29)28-19(9-10-25-28)16-5-2-1-3-6-16/h1-8,10-11,19H,9,12-15H2. The summed E-state index contributed by atoms with van der Waals surface area (Å²) >= 11 is 0. The number of aromatic nitrogens is 2. The highest BCUT2D eigenvalue weighted by molar-refractivity contribution is 5.88. The van der Waals surface area contributed by atoms with E-state index in [-0.39, 0.29) is 28.6 Å². The number of carbonyl (C=O) groups is 1. The third kappa shape index (κ3) is 2.35. The molecule has 2 heterocycles. The number of rotatable bonds is 4. The van der Waals surface area contributed by atoms with Gasteiger partial charge in [-0.1, -0.05) is 36.4 Å². The molecule has 3 fully saturated rings. The second-order valence-electron chi connectivity index (χ2n) is 8.90. The van der Waals surface area contributed by atoms with E-state index in [0.29, 0.717) is 5.39 Å². The second-order valence-corrected chi connectivity index (χ2v) is 8.90. The molecule has 1 unspecified atom stereocenters. The van der Waals surface area contributed by atoms with Crippen molar-refractivity contribution in [3.05, 3.63) is 66.1 Å². The molecule has 2 aromatic carbocycles. The maximum atomic E-state index is 13.9. The maximum Gasteiger partial charge on any atom is 0.249 e. The van der Waals surface area contributed by atoms with Gasteiger partial charge < -0.3 is 0 Å². The zero-order chi connectivity index (χ0) is 19.6. The Morgan fingerprint density at radius 3 is 2.69 bits per heavy atom. The molecule has 3 saturated carbocycles. The Hall–Kier alpha value is -3.02. The van der Waals surface area contributed by atoms with Crippen LogP contribution < -0.4 is 0 Å². The normalized spacial score (nSPS) is 29.7. The quantitative estimate of drug-likeness (QED) is 0.669. The van der Waals surface area contributed by atoms with E-state index in [2.05, 4.69) is 22.3 Å². The summed E-state index contributed by atoms with van der Waals surface area (Å²) in [6, 6.07) is 15.2. The zero-order valence-electron chi connectivity index (χ0n) is 16.0. The summed E-state index contributed by atoms with van der Waals surface area (Å²) in [5, 5.41) is 11.1. The molecule has 0 spiro atoms. The lowest BCUT2D eigenvalue weighted by Crippen LogP contribution is -2.68. The summed E-state index contributed by atoms with van der Waals surface area (Å²) < 4.78 is 15.8. The predicted molar refractivity (Wildman–Crippen MR) is 108 cm³/mol. The summed E-state index contributed by atoms with van der Waals surface area (Å²) in [6.07, 6.45) is 6.80. The summed E-state index contributed by atoms with van der Waals surface area (Å²) in [6.45, 7) is 0.736. The zero-order valence-corrected chi connectivity index (χ0v) is 16.0. The molecule has 1 aliphatic heterocycles. The molecule has 3 aromatic rings. The van der Waals surface area contributed by atoms with Gasteiger partial charge in [-0.25, -0.2) is 9.40 Å². The van der Waals surface area contributed by atoms with Crippen LogP contribution in [0.2, 0.25) is 0 Å². The predicted octanol–water partition coefficient (Wildman–Crippen LogP) is 4.31. The molecule has 4 aliphatic rings. The first-order valence-corrected chi connectivity index (χ1v) is 10.1. The highest BCUT2D eigenvalue weighted by Gasteiger charge is 2.72.